The molecule has 322 valence electrons. The molecule has 0 rings (SSSR count). The second-order valence-electron chi connectivity index (χ2n) is 14.2. The Morgan fingerprint density at radius 2 is 0.982 bits per heavy atom. The lowest BCUT2D eigenvalue weighted by Crippen LogP contribution is -2.29. The zero-order chi connectivity index (χ0) is 41.1. The van der Waals surface area contributed by atoms with E-state index in [4.69, 9.17) is 24.3 Å². The fourth-order valence-corrected chi connectivity index (χ4v) is 6.43. The molecule has 10 heteroatoms. The van der Waals surface area contributed by atoms with Gasteiger partial charge < -0.3 is 20.1 Å². The van der Waals surface area contributed by atoms with Gasteiger partial charge in [0.05, 0.1) is 13.2 Å². The highest BCUT2D eigenvalue weighted by Crippen LogP contribution is 2.43. The fourth-order valence-electron chi connectivity index (χ4n) is 5.66. The number of carbonyl (C=O) groups excluding carboxylic acids is 2. The third-order valence-electron chi connectivity index (χ3n) is 8.87. The van der Waals surface area contributed by atoms with Crippen molar-refractivity contribution in [2.24, 2.45) is 5.73 Å². The van der Waals surface area contributed by atoms with Crippen molar-refractivity contribution in [3.8, 4) is 0 Å². The van der Waals surface area contributed by atoms with Crippen LogP contribution in [0, 0.1) is 0 Å². The molecule has 0 aliphatic rings. The van der Waals surface area contributed by atoms with Crippen molar-refractivity contribution >= 4 is 19.8 Å². The van der Waals surface area contributed by atoms with Gasteiger partial charge >= 0.3 is 19.8 Å². The predicted molar refractivity (Wildman–Crippen MR) is 233 cm³/mol. The van der Waals surface area contributed by atoms with Crippen LogP contribution < -0.4 is 5.73 Å². The molecule has 0 radical (unpaired) electrons. The number of hydrogen-bond acceptors (Lipinski definition) is 8. The van der Waals surface area contributed by atoms with Gasteiger partial charge in [-0.3, -0.25) is 18.6 Å². The molecular weight excluding hydrogens is 725 g/mol. The van der Waals surface area contributed by atoms with E-state index in [1.807, 2.05) is 12.2 Å². The molecule has 0 amide bonds. The number of rotatable bonds is 40. The van der Waals surface area contributed by atoms with Gasteiger partial charge in [-0.2, -0.15) is 0 Å². The standard InChI is InChI=1S/C46H80NO8P/c1-3-5-7-9-11-13-15-17-19-21-22-23-25-27-29-31-33-35-37-39-46(49)55-44(43-54-56(50,51)53-41-40-47)42-52-45(48)38-36-34-32-30-28-26-24-20-18-16-14-12-10-8-6-4-2/h5,7,11,13,17,19,22-23,27,29,33,35,44H,3-4,6,8-10,12,14-16,18,20-21,24-26,28,30-32,34,36-43,47H2,1-2H3,(H,50,51). The first-order chi connectivity index (χ1) is 27.3. The number of hydrogen-bond donors (Lipinski definition) is 2. The minimum atomic E-state index is -4.40. The van der Waals surface area contributed by atoms with E-state index in [0.29, 0.717) is 6.42 Å². The van der Waals surface area contributed by atoms with Gasteiger partial charge in [-0.15, -0.1) is 0 Å². The molecule has 56 heavy (non-hydrogen) atoms. The Balaban J connectivity index is 4.28. The van der Waals surface area contributed by atoms with Crippen LogP contribution in [0.15, 0.2) is 72.9 Å². The first-order valence-corrected chi connectivity index (χ1v) is 23.4. The van der Waals surface area contributed by atoms with Crippen LogP contribution >= 0.6 is 7.82 Å². The first kappa shape index (κ1) is 53.5. The van der Waals surface area contributed by atoms with Gasteiger partial charge in [0.25, 0.3) is 0 Å². The third kappa shape index (κ3) is 41.1. The van der Waals surface area contributed by atoms with Crippen LogP contribution in [-0.4, -0.2) is 49.3 Å². The van der Waals surface area contributed by atoms with Crippen LogP contribution in [0.3, 0.4) is 0 Å². The number of phosphoric acid groups is 1. The summed E-state index contributed by atoms with van der Waals surface area (Å²) in [7, 11) is -4.40. The van der Waals surface area contributed by atoms with Gasteiger partial charge in [-0.25, -0.2) is 4.57 Å². The molecule has 0 aromatic rings. The summed E-state index contributed by atoms with van der Waals surface area (Å²) >= 11 is 0. The van der Waals surface area contributed by atoms with Crippen molar-refractivity contribution in [1.29, 1.82) is 0 Å². The molecular formula is C46H80NO8P. The van der Waals surface area contributed by atoms with E-state index in [9.17, 15) is 19.0 Å². The lowest BCUT2D eigenvalue weighted by molar-refractivity contribution is -0.161. The number of unbranched alkanes of at least 4 members (excludes halogenated alkanes) is 15. The number of allylic oxidation sites excluding steroid dienone is 12. The van der Waals surface area contributed by atoms with Crippen molar-refractivity contribution < 1.29 is 37.6 Å². The number of ether oxygens (including phenoxy) is 2. The van der Waals surface area contributed by atoms with E-state index < -0.39 is 32.5 Å². The van der Waals surface area contributed by atoms with Crippen LogP contribution in [0.4, 0.5) is 0 Å². The average molecular weight is 806 g/mol. The maximum atomic E-state index is 12.6. The molecule has 9 nitrogen and oxygen atoms in total. The Labute approximate surface area is 341 Å². The van der Waals surface area contributed by atoms with Gasteiger partial charge in [0.1, 0.15) is 6.61 Å². The smallest absolute Gasteiger partial charge is 0.462 e. The number of nitrogens with two attached hydrogens (primary N) is 1. The Kier molecular flexibility index (Phi) is 40.2. The topological polar surface area (TPSA) is 134 Å². The summed E-state index contributed by atoms with van der Waals surface area (Å²) in [6.45, 7) is 3.53. The first-order valence-electron chi connectivity index (χ1n) is 21.9. The van der Waals surface area contributed by atoms with E-state index in [1.54, 1.807) is 0 Å². The minimum Gasteiger partial charge on any atom is -0.462 e. The maximum Gasteiger partial charge on any atom is 0.472 e. The molecule has 2 atom stereocenters. The third-order valence-corrected chi connectivity index (χ3v) is 9.85. The summed E-state index contributed by atoms with van der Waals surface area (Å²) in [5.74, 6) is -0.927. The van der Waals surface area contributed by atoms with Gasteiger partial charge in [-0.05, 0) is 51.4 Å². The van der Waals surface area contributed by atoms with E-state index >= 15 is 0 Å². The normalized spacial score (nSPS) is 14.0. The second kappa shape index (κ2) is 42.1. The van der Waals surface area contributed by atoms with E-state index in [-0.39, 0.29) is 32.6 Å². The molecule has 0 aliphatic heterocycles. The van der Waals surface area contributed by atoms with Crippen LogP contribution in [0.25, 0.3) is 0 Å². The van der Waals surface area contributed by atoms with Crippen LogP contribution in [0.5, 0.6) is 0 Å². The SMILES string of the molecule is CCC=CCC=CCC=CCC=CCC=CCC=CCCC(=O)OC(COC(=O)CCCCCCCCCCCCCCCCCC)COP(=O)(O)OCCN. The molecule has 0 spiro atoms. The summed E-state index contributed by atoms with van der Waals surface area (Å²) in [5.41, 5.74) is 5.34. The van der Waals surface area contributed by atoms with Crippen molar-refractivity contribution in [3.63, 3.8) is 0 Å². The van der Waals surface area contributed by atoms with E-state index in [1.165, 1.54) is 83.5 Å². The summed E-state index contributed by atoms with van der Waals surface area (Å²) in [4.78, 5) is 34.8. The highest BCUT2D eigenvalue weighted by molar-refractivity contribution is 7.47. The molecule has 0 aromatic heterocycles. The van der Waals surface area contributed by atoms with Gasteiger partial charge in [-0.1, -0.05) is 183 Å². The van der Waals surface area contributed by atoms with Gasteiger partial charge in [0.15, 0.2) is 6.10 Å². The summed E-state index contributed by atoms with van der Waals surface area (Å²) < 4.78 is 32.7. The molecule has 3 N–H and O–H groups in total. The zero-order valence-corrected chi connectivity index (χ0v) is 36.2. The van der Waals surface area contributed by atoms with Gasteiger partial charge in [0.2, 0.25) is 0 Å². The van der Waals surface area contributed by atoms with Crippen molar-refractivity contribution in [3.05, 3.63) is 72.9 Å². The highest BCUT2D eigenvalue weighted by atomic mass is 31.2. The van der Waals surface area contributed by atoms with Crippen molar-refractivity contribution in [2.45, 2.75) is 180 Å². The maximum absolute atomic E-state index is 12.6. The Hall–Kier alpha value is -2.55. The van der Waals surface area contributed by atoms with Crippen LogP contribution in [0.1, 0.15) is 174 Å². The van der Waals surface area contributed by atoms with Crippen LogP contribution in [-0.2, 0) is 32.7 Å². The quantitative estimate of drug-likeness (QED) is 0.0268. The van der Waals surface area contributed by atoms with Crippen molar-refractivity contribution in [1.82, 2.24) is 0 Å². The average Bonchev–Trinajstić information content (AvgIpc) is 3.18. The second-order valence-corrected chi connectivity index (χ2v) is 15.6. The van der Waals surface area contributed by atoms with E-state index in [0.717, 1.165) is 57.8 Å². The number of esters is 2. The van der Waals surface area contributed by atoms with Crippen molar-refractivity contribution in [2.75, 3.05) is 26.4 Å². The van der Waals surface area contributed by atoms with Gasteiger partial charge in [0, 0.05) is 19.4 Å². The van der Waals surface area contributed by atoms with E-state index in [2.05, 4.69) is 74.6 Å². The number of carbonyl (C=O) groups is 2. The largest absolute Gasteiger partial charge is 0.472 e. The van der Waals surface area contributed by atoms with Crippen LogP contribution in [0.2, 0.25) is 0 Å². The summed E-state index contributed by atoms with van der Waals surface area (Å²) in [6.07, 6.45) is 50.9. The number of phosphoric ester groups is 1. The molecule has 0 saturated heterocycles. The molecule has 0 bridgehead atoms. The molecule has 0 saturated carbocycles. The molecule has 2 unspecified atom stereocenters. The lowest BCUT2D eigenvalue weighted by atomic mass is 10.0. The fraction of sp³-hybridized carbons (Fsp3) is 0.696. The zero-order valence-electron chi connectivity index (χ0n) is 35.3. The Bertz CT molecular complexity index is 1150. The lowest BCUT2D eigenvalue weighted by Gasteiger charge is -2.19. The molecule has 0 heterocycles. The molecule has 0 aliphatic carbocycles. The Morgan fingerprint density at radius 1 is 0.554 bits per heavy atom. The minimum absolute atomic E-state index is 0.0396. The molecule has 0 aromatic carbocycles. The monoisotopic (exact) mass is 806 g/mol. The summed E-state index contributed by atoms with van der Waals surface area (Å²) in [5, 5.41) is 0. The molecule has 0 fully saturated rings. The Morgan fingerprint density at radius 3 is 1.43 bits per heavy atom. The highest BCUT2D eigenvalue weighted by Gasteiger charge is 2.25. The predicted octanol–water partition coefficient (Wildman–Crippen LogP) is 12.7. The summed E-state index contributed by atoms with van der Waals surface area (Å²) in [6, 6.07) is 0.